The topological polar surface area (TPSA) is 135 Å². The fourth-order valence-corrected chi connectivity index (χ4v) is 5.17. The number of anilines is 1. The molecule has 3 aromatic heterocycles. The highest BCUT2D eigenvalue weighted by Crippen LogP contribution is 2.30. The summed E-state index contributed by atoms with van der Waals surface area (Å²) in [7, 11) is -3.89. The van der Waals surface area contributed by atoms with Gasteiger partial charge < -0.3 is 0 Å². The molecule has 0 aliphatic rings. The van der Waals surface area contributed by atoms with Gasteiger partial charge in [-0.3, -0.25) is 9.52 Å². The molecule has 0 saturated carbocycles. The molecule has 0 saturated heterocycles. The summed E-state index contributed by atoms with van der Waals surface area (Å²) in [6, 6.07) is 16.7. The van der Waals surface area contributed by atoms with Crippen LogP contribution in [0.2, 0.25) is 0 Å². The summed E-state index contributed by atoms with van der Waals surface area (Å²) >= 11 is 1.19. The Morgan fingerprint density at radius 3 is 2.50 bits per heavy atom. The van der Waals surface area contributed by atoms with Crippen LogP contribution in [-0.2, 0) is 10.0 Å². The number of benzene rings is 2. The van der Waals surface area contributed by atoms with Crippen molar-refractivity contribution < 1.29 is 8.42 Å². The molecular weight excluding hydrogens is 498 g/mol. The monoisotopic (exact) mass is 515 g/mol. The zero-order valence-electron chi connectivity index (χ0n) is 18.7. The third-order valence-electron chi connectivity index (χ3n) is 5.18. The first-order valence-electron chi connectivity index (χ1n) is 10.5. The molecule has 0 amide bonds. The van der Waals surface area contributed by atoms with Gasteiger partial charge in [-0.1, -0.05) is 71.5 Å². The van der Waals surface area contributed by atoms with E-state index in [1.165, 1.54) is 34.3 Å². The minimum atomic E-state index is -3.89. The molecular formula is C24H17N7O3S2. The van der Waals surface area contributed by atoms with Gasteiger partial charge in [0.25, 0.3) is 15.6 Å². The Balaban J connectivity index is 1.49. The van der Waals surface area contributed by atoms with E-state index in [-0.39, 0.29) is 16.9 Å². The fourth-order valence-electron chi connectivity index (χ4n) is 3.45. The molecule has 5 aromatic rings. The van der Waals surface area contributed by atoms with Gasteiger partial charge in [0.2, 0.25) is 6.19 Å². The number of sulfonamides is 1. The average Bonchev–Trinajstić information content (AvgIpc) is 3.45. The Bertz CT molecular complexity index is 1810. The van der Waals surface area contributed by atoms with Crippen molar-refractivity contribution in [1.82, 2.24) is 24.4 Å². The molecule has 36 heavy (non-hydrogen) atoms. The molecule has 5 rings (SSSR count). The Morgan fingerprint density at radius 2 is 1.78 bits per heavy atom. The molecule has 3 heterocycles. The lowest BCUT2D eigenvalue weighted by atomic mass is 10.2. The molecule has 1 N–H and O–H groups in total. The second-order valence-electron chi connectivity index (χ2n) is 7.74. The lowest BCUT2D eigenvalue weighted by molar-refractivity contribution is 0.609. The first-order chi connectivity index (χ1) is 17.3. The first kappa shape index (κ1) is 23.2. The van der Waals surface area contributed by atoms with Crippen molar-refractivity contribution in [2.45, 2.75) is 6.92 Å². The van der Waals surface area contributed by atoms with Gasteiger partial charge >= 0.3 is 0 Å². The van der Waals surface area contributed by atoms with Gasteiger partial charge in [-0.05, 0) is 18.6 Å². The number of fused-ring (bicyclic) bond motifs is 1. The van der Waals surface area contributed by atoms with E-state index in [1.807, 2.05) is 49.4 Å². The van der Waals surface area contributed by atoms with Crippen LogP contribution in [0, 0.1) is 18.4 Å². The second kappa shape index (κ2) is 9.21. The fraction of sp³-hybridized carbons (Fsp3) is 0.0417. The number of aryl methyl sites for hydroxylation is 1. The SMILES string of the molecule is Cc1ccc(/C=C/S(=O)(=O)Nc2cnc3c(-c4nnc(-c5ccccc5)s4)c(=O)n(C#N)n3c2)cc1. The van der Waals surface area contributed by atoms with Gasteiger partial charge in [-0.25, -0.2) is 17.9 Å². The van der Waals surface area contributed by atoms with Crippen LogP contribution >= 0.6 is 11.3 Å². The Kier molecular flexibility index (Phi) is 5.93. The molecule has 0 spiro atoms. The maximum atomic E-state index is 13.0. The lowest BCUT2D eigenvalue weighted by Crippen LogP contribution is -2.16. The van der Waals surface area contributed by atoms with Crippen molar-refractivity contribution in [3.8, 4) is 27.3 Å². The quantitative estimate of drug-likeness (QED) is 0.364. The van der Waals surface area contributed by atoms with Crippen LogP contribution in [0.3, 0.4) is 0 Å². The lowest BCUT2D eigenvalue weighted by Gasteiger charge is -2.05. The minimum absolute atomic E-state index is 0.0730. The van der Waals surface area contributed by atoms with Crippen molar-refractivity contribution >= 4 is 38.8 Å². The van der Waals surface area contributed by atoms with Crippen molar-refractivity contribution in [2.24, 2.45) is 0 Å². The van der Waals surface area contributed by atoms with E-state index in [9.17, 15) is 18.5 Å². The van der Waals surface area contributed by atoms with Gasteiger partial charge in [0.15, 0.2) is 10.7 Å². The molecule has 0 aliphatic carbocycles. The van der Waals surface area contributed by atoms with Crippen LogP contribution in [0.4, 0.5) is 5.69 Å². The van der Waals surface area contributed by atoms with Crippen molar-refractivity contribution in [1.29, 1.82) is 5.26 Å². The molecule has 0 aliphatic heterocycles. The van der Waals surface area contributed by atoms with Gasteiger partial charge in [-0.2, -0.15) is 5.26 Å². The van der Waals surface area contributed by atoms with Gasteiger partial charge in [-0.15, -0.1) is 14.9 Å². The summed E-state index contributed by atoms with van der Waals surface area (Å²) in [4.78, 5) is 17.3. The Hall–Kier alpha value is -4.60. The molecule has 178 valence electrons. The third-order valence-corrected chi connectivity index (χ3v) is 7.19. The Morgan fingerprint density at radius 1 is 1.06 bits per heavy atom. The molecule has 10 nitrogen and oxygen atoms in total. The summed E-state index contributed by atoms with van der Waals surface area (Å²) in [6.07, 6.45) is 5.85. The smallest absolute Gasteiger partial charge is 0.277 e. The molecule has 0 atom stereocenters. The zero-order valence-corrected chi connectivity index (χ0v) is 20.4. The predicted octanol–water partition coefficient (Wildman–Crippen LogP) is 3.73. The first-order valence-corrected chi connectivity index (χ1v) is 12.9. The van der Waals surface area contributed by atoms with Crippen LogP contribution in [0.5, 0.6) is 0 Å². The van der Waals surface area contributed by atoms with Crippen LogP contribution in [0.15, 0.2) is 77.2 Å². The van der Waals surface area contributed by atoms with E-state index in [0.29, 0.717) is 10.0 Å². The maximum Gasteiger partial charge on any atom is 0.293 e. The summed E-state index contributed by atoms with van der Waals surface area (Å²) < 4.78 is 29.5. The van der Waals surface area contributed by atoms with Crippen LogP contribution in [-0.4, -0.2) is 32.8 Å². The van der Waals surface area contributed by atoms with Crippen LogP contribution < -0.4 is 10.3 Å². The zero-order chi connectivity index (χ0) is 25.3. The number of hydrogen-bond acceptors (Lipinski definition) is 8. The van der Waals surface area contributed by atoms with E-state index in [2.05, 4.69) is 19.9 Å². The van der Waals surface area contributed by atoms with E-state index in [0.717, 1.165) is 26.8 Å². The number of rotatable bonds is 6. The largest absolute Gasteiger partial charge is 0.293 e. The number of nitrogens with one attached hydrogen (secondary N) is 1. The molecule has 0 radical (unpaired) electrons. The van der Waals surface area contributed by atoms with Gasteiger partial charge in [0, 0.05) is 5.56 Å². The van der Waals surface area contributed by atoms with Crippen molar-refractivity contribution in [3.63, 3.8) is 0 Å². The Labute approximate surface area is 209 Å². The molecule has 12 heteroatoms. The van der Waals surface area contributed by atoms with Gasteiger partial charge in [0.05, 0.1) is 23.5 Å². The minimum Gasteiger partial charge on any atom is -0.277 e. The van der Waals surface area contributed by atoms with E-state index >= 15 is 0 Å². The van der Waals surface area contributed by atoms with E-state index in [1.54, 1.807) is 18.3 Å². The number of hydrogen-bond donors (Lipinski definition) is 1. The van der Waals surface area contributed by atoms with E-state index in [4.69, 9.17) is 0 Å². The van der Waals surface area contributed by atoms with Crippen molar-refractivity contribution in [2.75, 3.05) is 4.72 Å². The highest BCUT2D eigenvalue weighted by molar-refractivity contribution is 7.95. The molecule has 0 fully saturated rings. The van der Waals surface area contributed by atoms with Crippen LogP contribution in [0.25, 0.3) is 32.9 Å². The molecule has 0 unspecified atom stereocenters. The van der Waals surface area contributed by atoms with Gasteiger partial charge in [0.1, 0.15) is 10.6 Å². The maximum absolute atomic E-state index is 13.0. The number of nitrogens with zero attached hydrogens (tertiary/aromatic N) is 6. The van der Waals surface area contributed by atoms with E-state index < -0.39 is 15.6 Å². The van der Waals surface area contributed by atoms with Crippen molar-refractivity contribution in [3.05, 3.63) is 93.9 Å². The summed E-state index contributed by atoms with van der Waals surface area (Å²) in [5.41, 5.74) is 2.31. The number of nitriles is 1. The standard InChI is InChI=1S/C24H17N7O3S2/c1-16-7-9-17(10-8-16)11-12-36(33,34)29-19-13-26-21-20(24(32)31(15-25)30(21)14-19)23-28-27-22(35-23)18-5-3-2-4-6-18/h2-14,29H,1H3/b12-11+. The van der Waals surface area contributed by atoms with Crippen LogP contribution in [0.1, 0.15) is 11.1 Å². The summed E-state index contributed by atoms with van der Waals surface area (Å²) in [5, 5.41) is 19.8. The number of aromatic nitrogens is 5. The highest BCUT2D eigenvalue weighted by atomic mass is 32.2. The second-order valence-corrected chi connectivity index (χ2v) is 10.3. The molecule has 0 bridgehead atoms. The third kappa shape index (κ3) is 4.52. The molecule has 2 aromatic carbocycles. The summed E-state index contributed by atoms with van der Waals surface area (Å²) in [6.45, 7) is 1.94. The highest BCUT2D eigenvalue weighted by Gasteiger charge is 2.22. The predicted molar refractivity (Wildman–Crippen MR) is 138 cm³/mol. The summed E-state index contributed by atoms with van der Waals surface area (Å²) in [5.74, 6) is 0. The normalized spacial score (nSPS) is 11.7. The average molecular weight is 516 g/mol.